The summed E-state index contributed by atoms with van der Waals surface area (Å²) >= 11 is 5.63. The predicted molar refractivity (Wildman–Crippen MR) is 50.1 cm³/mol. The van der Waals surface area contributed by atoms with E-state index in [1.807, 2.05) is 6.07 Å². The van der Waals surface area contributed by atoms with E-state index in [-0.39, 0.29) is 0 Å². The molecule has 0 fully saturated rings. The normalized spacial score (nSPS) is 10.1. The Labute approximate surface area is 85.5 Å². The SMILES string of the molecule is Clc1cncc(OCc2ccco2)n1. The third kappa shape index (κ3) is 2.23. The smallest absolute Gasteiger partial charge is 0.234 e. The van der Waals surface area contributed by atoms with Crippen molar-refractivity contribution in [2.75, 3.05) is 0 Å². The van der Waals surface area contributed by atoms with Crippen LogP contribution in [0.5, 0.6) is 5.88 Å². The molecule has 0 spiro atoms. The summed E-state index contributed by atoms with van der Waals surface area (Å²) in [6, 6.07) is 3.61. The molecule has 2 aromatic heterocycles. The van der Waals surface area contributed by atoms with E-state index >= 15 is 0 Å². The number of nitrogens with zero attached hydrogens (tertiary/aromatic N) is 2. The highest BCUT2D eigenvalue weighted by molar-refractivity contribution is 6.29. The third-order valence-electron chi connectivity index (χ3n) is 1.53. The highest BCUT2D eigenvalue weighted by Gasteiger charge is 1.99. The van der Waals surface area contributed by atoms with Crippen molar-refractivity contribution in [1.29, 1.82) is 0 Å². The monoisotopic (exact) mass is 210 g/mol. The summed E-state index contributed by atoms with van der Waals surface area (Å²) in [7, 11) is 0. The van der Waals surface area contributed by atoms with Crippen LogP contribution in [0.15, 0.2) is 35.2 Å². The zero-order chi connectivity index (χ0) is 9.80. The van der Waals surface area contributed by atoms with Gasteiger partial charge in [0.1, 0.15) is 12.4 Å². The first kappa shape index (κ1) is 9.02. The first-order valence-corrected chi connectivity index (χ1v) is 4.35. The number of halogens is 1. The zero-order valence-corrected chi connectivity index (χ0v) is 7.94. The molecule has 0 unspecified atom stereocenters. The predicted octanol–water partition coefficient (Wildman–Crippen LogP) is 2.30. The lowest BCUT2D eigenvalue weighted by atomic mass is 10.5. The summed E-state index contributed by atoms with van der Waals surface area (Å²) in [6.07, 6.45) is 4.53. The standard InChI is InChI=1S/C9H7ClN2O2/c10-8-4-11-5-9(12-8)14-6-7-2-1-3-13-7/h1-5H,6H2. The zero-order valence-electron chi connectivity index (χ0n) is 7.18. The molecule has 0 amide bonds. The molecule has 0 radical (unpaired) electrons. The van der Waals surface area contributed by atoms with E-state index in [9.17, 15) is 0 Å². The maximum absolute atomic E-state index is 5.63. The molecule has 5 heteroatoms. The van der Waals surface area contributed by atoms with Gasteiger partial charge in [-0.1, -0.05) is 11.6 Å². The van der Waals surface area contributed by atoms with E-state index in [1.165, 1.54) is 12.4 Å². The fourth-order valence-corrected chi connectivity index (χ4v) is 1.07. The molecule has 0 N–H and O–H groups in total. The molecule has 0 atom stereocenters. The Balaban J connectivity index is 1.98. The van der Waals surface area contributed by atoms with Crippen LogP contribution in [0.3, 0.4) is 0 Å². The topological polar surface area (TPSA) is 48.2 Å². The Morgan fingerprint density at radius 2 is 2.36 bits per heavy atom. The third-order valence-corrected chi connectivity index (χ3v) is 1.71. The number of rotatable bonds is 3. The van der Waals surface area contributed by atoms with Crippen molar-refractivity contribution in [3.8, 4) is 5.88 Å². The van der Waals surface area contributed by atoms with Crippen LogP contribution in [-0.4, -0.2) is 9.97 Å². The van der Waals surface area contributed by atoms with Gasteiger partial charge in [0.2, 0.25) is 5.88 Å². The van der Waals surface area contributed by atoms with Crippen LogP contribution in [0.2, 0.25) is 5.15 Å². The molecule has 0 saturated carbocycles. The first-order chi connectivity index (χ1) is 6.84. The molecule has 2 aromatic rings. The van der Waals surface area contributed by atoms with E-state index in [1.54, 1.807) is 12.3 Å². The number of hydrogen-bond donors (Lipinski definition) is 0. The fourth-order valence-electron chi connectivity index (χ4n) is 0.935. The molecular weight excluding hydrogens is 204 g/mol. The van der Waals surface area contributed by atoms with Gasteiger partial charge in [-0.2, -0.15) is 4.98 Å². The van der Waals surface area contributed by atoms with Gasteiger partial charge < -0.3 is 9.15 Å². The number of hydrogen-bond acceptors (Lipinski definition) is 4. The summed E-state index contributed by atoms with van der Waals surface area (Å²) in [5.74, 6) is 1.11. The van der Waals surface area contributed by atoms with Gasteiger partial charge in [-0.3, -0.25) is 4.98 Å². The number of aromatic nitrogens is 2. The van der Waals surface area contributed by atoms with Crippen molar-refractivity contribution in [3.05, 3.63) is 41.7 Å². The van der Waals surface area contributed by atoms with Gasteiger partial charge in [-0.25, -0.2) is 0 Å². The minimum atomic E-state index is 0.307. The molecular formula is C9H7ClN2O2. The van der Waals surface area contributed by atoms with Gasteiger partial charge in [-0.05, 0) is 12.1 Å². The highest BCUT2D eigenvalue weighted by atomic mass is 35.5. The Morgan fingerprint density at radius 3 is 3.07 bits per heavy atom. The van der Waals surface area contributed by atoms with E-state index < -0.39 is 0 Å². The lowest BCUT2D eigenvalue weighted by Gasteiger charge is -2.01. The van der Waals surface area contributed by atoms with Crippen LogP contribution < -0.4 is 4.74 Å². The lowest BCUT2D eigenvalue weighted by Crippen LogP contribution is -1.96. The van der Waals surface area contributed by atoms with Crippen molar-refractivity contribution in [2.24, 2.45) is 0 Å². The minimum Gasteiger partial charge on any atom is -0.468 e. The molecule has 0 aliphatic rings. The van der Waals surface area contributed by atoms with Crippen molar-refractivity contribution < 1.29 is 9.15 Å². The molecule has 0 aliphatic heterocycles. The Kier molecular flexibility index (Phi) is 2.65. The van der Waals surface area contributed by atoms with E-state index in [4.69, 9.17) is 20.8 Å². The maximum atomic E-state index is 5.63. The molecule has 2 rings (SSSR count). The second kappa shape index (κ2) is 4.11. The summed E-state index contributed by atoms with van der Waals surface area (Å²) in [6.45, 7) is 0.321. The van der Waals surface area contributed by atoms with Crippen molar-refractivity contribution in [2.45, 2.75) is 6.61 Å². The van der Waals surface area contributed by atoms with Gasteiger partial charge in [0.05, 0.1) is 18.7 Å². The van der Waals surface area contributed by atoms with Gasteiger partial charge >= 0.3 is 0 Å². The largest absolute Gasteiger partial charge is 0.468 e. The molecule has 0 aromatic carbocycles. The summed E-state index contributed by atoms with van der Waals surface area (Å²) < 4.78 is 10.4. The number of furan rings is 1. The minimum absolute atomic E-state index is 0.307. The highest BCUT2D eigenvalue weighted by Crippen LogP contribution is 2.11. The molecule has 0 aliphatic carbocycles. The Hall–Kier alpha value is -1.55. The quantitative estimate of drug-likeness (QED) is 0.780. The molecule has 72 valence electrons. The van der Waals surface area contributed by atoms with Gasteiger partial charge in [0.15, 0.2) is 5.15 Å². The number of ether oxygens (including phenoxy) is 1. The molecule has 0 saturated heterocycles. The fraction of sp³-hybridized carbons (Fsp3) is 0.111. The van der Waals surface area contributed by atoms with Crippen LogP contribution in [0.4, 0.5) is 0 Å². The van der Waals surface area contributed by atoms with Gasteiger partial charge in [0.25, 0.3) is 0 Å². The van der Waals surface area contributed by atoms with Gasteiger partial charge in [0, 0.05) is 0 Å². The van der Waals surface area contributed by atoms with Crippen LogP contribution in [0.25, 0.3) is 0 Å². The molecule has 0 bridgehead atoms. The maximum Gasteiger partial charge on any atom is 0.234 e. The average Bonchev–Trinajstić information content (AvgIpc) is 2.67. The van der Waals surface area contributed by atoms with E-state index in [2.05, 4.69) is 9.97 Å². The summed E-state index contributed by atoms with van der Waals surface area (Å²) in [5.41, 5.74) is 0. The van der Waals surface area contributed by atoms with E-state index in [0.717, 1.165) is 5.76 Å². The van der Waals surface area contributed by atoms with E-state index in [0.29, 0.717) is 17.6 Å². The molecule has 14 heavy (non-hydrogen) atoms. The van der Waals surface area contributed by atoms with Crippen LogP contribution in [0.1, 0.15) is 5.76 Å². The lowest BCUT2D eigenvalue weighted by molar-refractivity contribution is 0.259. The second-order valence-corrected chi connectivity index (χ2v) is 2.94. The molecule has 4 nitrogen and oxygen atoms in total. The van der Waals surface area contributed by atoms with Crippen molar-refractivity contribution in [3.63, 3.8) is 0 Å². The summed E-state index contributed by atoms with van der Waals surface area (Å²) in [4.78, 5) is 7.75. The van der Waals surface area contributed by atoms with Crippen LogP contribution in [-0.2, 0) is 6.61 Å². The average molecular weight is 211 g/mol. The van der Waals surface area contributed by atoms with Crippen molar-refractivity contribution >= 4 is 11.6 Å². The van der Waals surface area contributed by atoms with Crippen LogP contribution in [0, 0.1) is 0 Å². The Morgan fingerprint density at radius 1 is 1.43 bits per heavy atom. The van der Waals surface area contributed by atoms with Crippen molar-refractivity contribution in [1.82, 2.24) is 9.97 Å². The molecule has 2 heterocycles. The second-order valence-electron chi connectivity index (χ2n) is 2.55. The first-order valence-electron chi connectivity index (χ1n) is 3.97. The van der Waals surface area contributed by atoms with Gasteiger partial charge in [-0.15, -0.1) is 0 Å². The summed E-state index contributed by atoms with van der Waals surface area (Å²) in [5, 5.41) is 0.307. The van der Waals surface area contributed by atoms with Crippen LogP contribution >= 0.6 is 11.6 Å². The Bertz CT molecular complexity index is 403.